The van der Waals surface area contributed by atoms with Crippen molar-refractivity contribution in [1.82, 2.24) is 0 Å². The summed E-state index contributed by atoms with van der Waals surface area (Å²) in [6.07, 6.45) is 0. The van der Waals surface area contributed by atoms with Gasteiger partial charge in [-0.15, -0.1) is 0 Å². The highest BCUT2D eigenvalue weighted by molar-refractivity contribution is 9.10. The highest BCUT2D eigenvalue weighted by Crippen LogP contribution is 2.36. The van der Waals surface area contributed by atoms with Gasteiger partial charge in [-0.25, -0.2) is 0 Å². The monoisotopic (exact) mass is 440 g/mol. The molecule has 138 valence electrons. The van der Waals surface area contributed by atoms with Crippen molar-refractivity contribution in [2.75, 3.05) is 37.0 Å². The van der Waals surface area contributed by atoms with Crippen LogP contribution in [0.4, 0.5) is 11.4 Å². The number of hydrogen-bond acceptors (Lipinski definition) is 5. The lowest BCUT2D eigenvalue weighted by Gasteiger charge is -2.19. The first-order chi connectivity index (χ1) is 12.6. The number of ether oxygens (including phenoxy) is 3. The molecule has 2 aromatic rings. The molecule has 0 spiro atoms. The second-order valence-corrected chi connectivity index (χ2v) is 6.75. The van der Waals surface area contributed by atoms with Crippen LogP contribution in [0.3, 0.4) is 0 Å². The van der Waals surface area contributed by atoms with Gasteiger partial charge in [0.2, 0.25) is 5.91 Å². The third kappa shape index (κ3) is 4.53. The van der Waals surface area contributed by atoms with E-state index >= 15 is 0 Å². The molecule has 1 heterocycles. The zero-order chi connectivity index (χ0) is 18.5. The Morgan fingerprint density at radius 2 is 2.00 bits per heavy atom. The molecular formula is C18H18BrClN2O4. The van der Waals surface area contributed by atoms with E-state index in [-0.39, 0.29) is 12.5 Å². The van der Waals surface area contributed by atoms with Gasteiger partial charge in [0.1, 0.15) is 13.2 Å². The Hall–Kier alpha value is -2.12. The summed E-state index contributed by atoms with van der Waals surface area (Å²) >= 11 is 9.50. The predicted octanol–water partition coefficient (Wildman–Crippen LogP) is 4.32. The van der Waals surface area contributed by atoms with E-state index in [0.29, 0.717) is 53.5 Å². The first kappa shape index (κ1) is 18.7. The summed E-state index contributed by atoms with van der Waals surface area (Å²) < 4.78 is 17.3. The standard InChI is InChI=1S/C18H18BrClN2O4/c1-2-24-18-13(19)7-11(20)8-14(18)21-10-17(23)22-12-3-4-15-16(9-12)26-6-5-25-15/h3-4,7-9,21H,2,5-6,10H2,1H3,(H,22,23). The molecule has 0 atom stereocenters. The Kier molecular flexibility index (Phi) is 6.11. The second kappa shape index (κ2) is 8.51. The van der Waals surface area contributed by atoms with Crippen molar-refractivity contribution in [2.45, 2.75) is 6.92 Å². The Bertz CT molecular complexity index is 816. The maximum absolute atomic E-state index is 12.3. The van der Waals surface area contributed by atoms with Crippen LogP contribution in [0.2, 0.25) is 5.02 Å². The van der Waals surface area contributed by atoms with Gasteiger partial charge in [0.15, 0.2) is 17.2 Å². The topological polar surface area (TPSA) is 68.8 Å². The van der Waals surface area contributed by atoms with Gasteiger partial charge in [-0.2, -0.15) is 0 Å². The van der Waals surface area contributed by atoms with Crippen LogP contribution < -0.4 is 24.8 Å². The van der Waals surface area contributed by atoms with E-state index in [1.165, 1.54) is 0 Å². The van der Waals surface area contributed by atoms with Crippen molar-refractivity contribution in [3.63, 3.8) is 0 Å². The number of rotatable bonds is 6. The third-order valence-corrected chi connectivity index (χ3v) is 4.37. The third-order valence-electron chi connectivity index (χ3n) is 3.56. The molecule has 0 radical (unpaired) electrons. The lowest BCUT2D eigenvalue weighted by Crippen LogP contribution is -2.22. The van der Waals surface area contributed by atoms with E-state index in [1.54, 1.807) is 30.3 Å². The van der Waals surface area contributed by atoms with E-state index in [1.807, 2.05) is 6.92 Å². The average Bonchev–Trinajstić information content (AvgIpc) is 2.62. The molecule has 1 aliphatic rings. The van der Waals surface area contributed by atoms with Crippen molar-refractivity contribution >= 4 is 44.8 Å². The molecule has 2 N–H and O–H groups in total. The molecule has 0 aromatic heterocycles. The number of hydrogen-bond donors (Lipinski definition) is 2. The minimum atomic E-state index is -0.208. The predicted molar refractivity (Wildman–Crippen MR) is 105 cm³/mol. The first-order valence-corrected chi connectivity index (χ1v) is 9.29. The average molecular weight is 442 g/mol. The van der Waals surface area contributed by atoms with Crippen LogP contribution >= 0.6 is 27.5 Å². The summed E-state index contributed by atoms with van der Waals surface area (Å²) in [5.74, 6) is 1.71. The first-order valence-electron chi connectivity index (χ1n) is 8.12. The summed E-state index contributed by atoms with van der Waals surface area (Å²) in [6.45, 7) is 3.47. The number of fused-ring (bicyclic) bond motifs is 1. The van der Waals surface area contributed by atoms with E-state index in [4.69, 9.17) is 25.8 Å². The van der Waals surface area contributed by atoms with E-state index in [9.17, 15) is 4.79 Å². The molecular weight excluding hydrogens is 424 g/mol. The number of anilines is 2. The van der Waals surface area contributed by atoms with Crippen molar-refractivity contribution in [3.05, 3.63) is 39.8 Å². The molecule has 6 nitrogen and oxygen atoms in total. The van der Waals surface area contributed by atoms with Crippen LogP contribution in [0.15, 0.2) is 34.8 Å². The fourth-order valence-electron chi connectivity index (χ4n) is 2.48. The number of halogens is 2. The molecule has 2 aromatic carbocycles. The van der Waals surface area contributed by atoms with Gasteiger partial charge >= 0.3 is 0 Å². The van der Waals surface area contributed by atoms with Crippen LogP contribution in [-0.2, 0) is 4.79 Å². The second-order valence-electron chi connectivity index (χ2n) is 5.46. The summed E-state index contributed by atoms with van der Waals surface area (Å²) in [4.78, 5) is 12.3. The fourth-order valence-corrected chi connectivity index (χ4v) is 3.41. The van der Waals surface area contributed by atoms with Gasteiger partial charge < -0.3 is 24.8 Å². The van der Waals surface area contributed by atoms with Crippen LogP contribution in [-0.4, -0.2) is 32.3 Å². The maximum Gasteiger partial charge on any atom is 0.243 e. The van der Waals surface area contributed by atoms with Crippen LogP contribution in [0.25, 0.3) is 0 Å². The Balaban J connectivity index is 1.64. The molecule has 8 heteroatoms. The van der Waals surface area contributed by atoms with Gasteiger partial charge in [0, 0.05) is 16.8 Å². The highest BCUT2D eigenvalue weighted by atomic mass is 79.9. The normalized spacial score (nSPS) is 12.4. The molecule has 0 fully saturated rings. The summed E-state index contributed by atoms with van der Waals surface area (Å²) in [7, 11) is 0. The molecule has 1 amide bonds. The molecule has 3 rings (SSSR count). The minimum Gasteiger partial charge on any atom is -0.491 e. The lowest BCUT2D eigenvalue weighted by atomic mass is 10.2. The number of amides is 1. The van der Waals surface area contributed by atoms with Gasteiger partial charge in [-0.05, 0) is 47.1 Å². The summed E-state index contributed by atoms with van der Waals surface area (Å²) in [5, 5.41) is 6.41. The van der Waals surface area contributed by atoms with E-state index < -0.39 is 0 Å². The molecule has 0 saturated carbocycles. The molecule has 0 saturated heterocycles. The Morgan fingerprint density at radius 1 is 1.23 bits per heavy atom. The zero-order valence-corrected chi connectivity index (χ0v) is 16.4. The largest absolute Gasteiger partial charge is 0.491 e. The Morgan fingerprint density at radius 3 is 2.77 bits per heavy atom. The maximum atomic E-state index is 12.3. The van der Waals surface area contributed by atoms with Crippen molar-refractivity contribution in [1.29, 1.82) is 0 Å². The van der Waals surface area contributed by atoms with Crippen LogP contribution in [0.5, 0.6) is 17.2 Å². The minimum absolute atomic E-state index is 0.0568. The number of carbonyl (C=O) groups excluding carboxylic acids is 1. The molecule has 0 aliphatic carbocycles. The Labute approximate surface area is 164 Å². The highest BCUT2D eigenvalue weighted by Gasteiger charge is 2.14. The van der Waals surface area contributed by atoms with Gasteiger partial charge in [-0.1, -0.05) is 11.6 Å². The molecule has 0 bridgehead atoms. The van der Waals surface area contributed by atoms with Crippen molar-refractivity contribution in [2.24, 2.45) is 0 Å². The van der Waals surface area contributed by atoms with E-state index in [2.05, 4.69) is 26.6 Å². The lowest BCUT2D eigenvalue weighted by molar-refractivity contribution is -0.114. The summed E-state index contributed by atoms with van der Waals surface area (Å²) in [5.41, 5.74) is 1.28. The van der Waals surface area contributed by atoms with Crippen LogP contribution in [0, 0.1) is 0 Å². The molecule has 26 heavy (non-hydrogen) atoms. The van der Waals surface area contributed by atoms with Crippen molar-refractivity contribution < 1.29 is 19.0 Å². The number of benzene rings is 2. The smallest absolute Gasteiger partial charge is 0.243 e. The van der Waals surface area contributed by atoms with Gasteiger partial charge in [0.25, 0.3) is 0 Å². The van der Waals surface area contributed by atoms with Crippen LogP contribution in [0.1, 0.15) is 6.92 Å². The molecule has 1 aliphatic heterocycles. The SMILES string of the molecule is CCOc1c(Br)cc(Cl)cc1NCC(=O)Nc1ccc2c(c1)OCCO2. The zero-order valence-electron chi connectivity index (χ0n) is 14.1. The quantitative estimate of drug-likeness (QED) is 0.698. The van der Waals surface area contributed by atoms with Crippen molar-refractivity contribution in [3.8, 4) is 17.2 Å². The number of carbonyl (C=O) groups is 1. The van der Waals surface area contributed by atoms with Gasteiger partial charge in [0.05, 0.1) is 23.3 Å². The summed E-state index contributed by atoms with van der Waals surface area (Å²) in [6, 6.07) is 8.75. The van der Waals surface area contributed by atoms with E-state index in [0.717, 1.165) is 4.47 Å². The van der Waals surface area contributed by atoms with Gasteiger partial charge in [-0.3, -0.25) is 4.79 Å². The number of nitrogens with one attached hydrogen (secondary N) is 2. The fraction of sp³-hybridized carbons (Fsp3) is 0.278. The molecule has 0 unspecified atom stereocenters.